The average molecular weight is 276 g/mol. The zero-order valence-electron chi connectivity index (χ0n) is 9.85. The first kappa shape index (κ1) is 13.8. The van der Waals surface area contributed by atoms with Crippen molar-refractivity contribution in [2.24, 2.45) is 5.92 Å². The predicted molar refractivity (Wildman–Crippen MR) is 61.0 cm³/mol. The summed E-state index contributed by atoms with van der Waals surface area (Å²) in [4.78, 5) is 11.7. The molecule has 1 fully saturated rings. The van der Waals surface area contributed by atoms with E-state index in [0.717, 1.165) is 6.07 Å². The van der Waals surface area contributed by atoms with Gasteiger partial charge < -0.3 is 10.6 Å². The summed E-state index contributed by atoms with van der Waals surface area (Å²) in [6.45, 7) is 1.20. The van der Waals surface area contributed by atoms with E-state index < -0.39 is 17.6 Å². The fraction of sp³-hybridized carbons (Fsp3) is 0.417. The van der Waals surface area contributed by atoms with E-state index in [1.54, 1.807) is 0 Å². The second-order valence-corrected chi connectivity index (χ2v) is 4.37. The number of hydrogen-bond donors (Lipinski definition) is 2. The first-order valence-corrected chi connectivity index (χ1v) is 5.76. The van der Waals surface area contributed by atoms with Crippen LogP contribution in [0, 0.1) is 11.7 Å². The number of rotatable bonds is 2. The first-order chi connectivity index (χ1) is 8.88. The second kappa shape index (κ2) is 5.16. The van der Waals surface area contributed by atoms with Crippen LogP contribution in [0.4, 0.5) is 23.2 Å². The Kier molecular flexibility index (Phi) is 3.75. The van der Waals surface area contributed by atoms with E-state index in [1.165, 1.54) is 0 Å². The highest BCUT2D eigenvalue weighted by molar-refractivity contribution is 5.93. The van der Waals surface area contributed by atoms with E-state index in [0.29, 0.717) is 31.6 Å². The second-order valence-electron chi connectivity index (χ2n) is 4.37. The van der Waals surface area contributed by atoms with Gasteiger partial charge in [-0.15, -0.1) is 0 Å². The monoisotopic (exact) mass is 276 g/mol. The Bertz CT molecular complexity index is 481. The Balaban J connectivity index is 2.15. The number of nitrogens with one attached hydrogen (secondary N) is 2. The van der Waals surface area contributed by atoms with Gasteiger partial charge >= 0.3 is 6.18 Å². The Morgan fingerprint density at radius 1 is 1.37 bits per heavy atom. The predicted octanol–water partition coefficient (Wildman–Crippen LogP) is 2.39. The van der Waals surface area contributed by atoms with Gasteiger partial charge in [-0.1, -0.05) is 0 Å². The minimum Gasteiger partial charge on any atom is -0.326 e. The molecule has 19 heavy (non-hydrogen) atoms. The van der Waals surface area contributed by atoms with Crippen LogP contribution >= 0.6 is 0 Å². The minimum atomic E-state index is -4.78. The topological polar surface area (TPSA) is 41.1 Å². The molecule has 0 saturated carbocycles. The van der Waals surface area contributed by atoms with Crippen molar-refractivity contribution in [3.05, 3.63) is 29.6 Å². The summed E-state index contributed by atoms with van der Waals surface area (Å²) in [5.41, 5.74) is -1.43. The van der Waals surface area contributed by atoms with Gasteiger partial charge in [-0.3, -0.25) is 4.79 Å². The number of alkyl halides is 3. The number of carbonyl (C=O) groups is 1. The van der Waals surface area contributed by atoms with Gasteiger partial charge in [0.2, 0.25) is 5.91 Å². The molecule has 0 aromatic heterocycles. The maximum absolute atomic E-state index is 13.1. The van der Waals surface area contributed by atoms with Crippen LogP contribution in [0.5, 0.6) is 0 Å². The standard InChI is InChI=1S/C12H12F4N2O/c13-10-2-1-8(5-9(10)12(14,15)16)18-11(19)7-3-4-17-6-7/h1-2,5,7,17H,3-4,6H2,(H,18,19). The van der Waals surface area contributed by atoms with Gasteiger partial charge in [-0.2, -0.15) is 13.2 Å². The minimum absolute atomic E-state index is 0.0503. The molecule has 1 amide bonds. The number of hydrogen-bond acceptors (Lipinski definition) is 2. The van der Waals surface area contributed by atoms with E-state index in [4.69, 9.17) is 0 Å². The van der Waals surface area contributed by atoms with Crippen LogP contribution in [-0.4, -0.2) is 19.0 Å². The van der Waals surface area contributed by atoms with Crippen LogP contribution in [-0.2, 0) is 11.0 Å². The van der Waals surface area contributed by atoms with E-state index in [1.807, 2.05) is 0 Å². The molecule has 7 heteroatoms. The summed E-state index contributed by atoms with van der Waals surface area (Å²) < 4.78 is 50.6. The van der Waals surface area contributed by atoms with Gasteiger partial charge in [-0.05, 0) is 31.2 Å². The molecule has 1 heterocycles. The van der Waals surface area contributed by atoms with Crippen molar-refractivity contribution in [1.82, 2.24) is 5.32 Å². The van der Waals surface area contributed by atoms with Crippen molar-refractivity contribution >= 4 is 11.6 Å². The van der Waals surface area contributed by atoms with Crippen molar-refractivity contribution in [2.75, 3.05) is 18.4 Å². The molecule has 0 aliphatic carbocycles. The average Bonchev–Trinajstić information content (AvgIpc) is 2.83. The van der Waals surface area contributed by atoms with Crippen LogP contribution in [0.1, 0.15) is 12.0 Å². The number of amides is 1. The molecule has 2 rings (SSSR count). The Morgan fingerprint density at radius 2 is 2.11 bits per heavy atom. The highest BCUT2D eigenvalue weighted by Gasteiger charge is 2.34. The number of anilines is 1. The lowest BCUT2D eigenvalue weighted by Gasteiger charge is -2.13. The van der Waals surface area contributed by atoms with Crippen molar-refractivity contribution in [3.8, 4) is 0 Å². The zero-order valence-corrected chi connectivity index (χ0v) is 9.85. The van der Waals surface area contributed by atoms with Crippen LogP contribution in [0.25, 0.3) is 0 Å². The van der Waals surface area contributed by atoms with E-state index >= 15 is 0 Å². The molecule has 1 saturated heterocycles. The fourth-order valence-corrected chi connectivity index (χ4v) is 1.94. The Morgan fingerprint density at radius 3 is 2.68 bits per heavy atom. The zero-order chi connectivity index (χ0) is 14.0. The highest BCUT2D eigenvalue weighted by atomic mass is 19.4. The van der Waals surface area contributed by atoms with Crippen LogP contribution in [0.15, 0.2) is 18.2 Å². The van der Waals surface area contributed by atoms with E-state index in [9.17, 15) is 22.4 Å². The van der Waals surface area contributed by atoms with Crippen molar-refractivity contribution in [3.63, 3.8) is 0 Å². The maximum Gasteiger partial charge on any atom is 0.419 e. The fourth-order valence-electron chi connectivity index (χ4n) is 1.94. The third kappa shape index (κ3) is 3.23. The lowest BCUT2D eigenvalue weighted by Crippen LogP contribution is -2.24. The summed E-state index contributed by atoms with van der Waals surface area (Å²) in [5.74, 6) is -1.97. The third-order valence-electron chi connectivity index (χ3n) is 2.97. The highest BCUT2D eigenvalue weighted by Crippen LogP contribution is 2.33. The molecule has 1 atom stereocenters. The normalized spacial score (nSPS) is 19.5. The lowest BCUT2D eigenvalue weighted by molar-refractivity contribution is -0.140. The Labute approximate surface area is 107 Å². The van der Waals surface area contributed by atoms with Gasteiger partial charge in [0.05, 0.1) is 11.5 Å². The van der Waals surface area contributed by atoms with E-state index in [2.05, 4.69) is 10.6 Å². The van der Waals surface area contributed by atoms with Gasteiger partial charge in [0.25, 0.3) is 0 Å². The molecular formula is C12H12F4N2O. The summed E-state index contributed by atoms with van der Waals surface area (Å²) >= 11 is 0. The molecule has 1 aromatic rings. The molecule has 1 aliphatic rings. The summed E-state index contributed by atoms with van der Waals surface area (Å²) in [6.07, 6.45) is -4.14. The van der Waals surface area contributed by atoms with Crippen molar-refractivity contribution in [2.45, 2.75) is 12.6 Å². The number of carbonyl (C=O) groups excluding carboxylic acids is 1. The quantitative estimate of drug-likeness (QED) is 0.814. The van der Waals surface area contributed by atoms with Gasteiger partial charge in [0.15, 0.2) is 0 Å². The van der Waals surface area contributed by atoms with Crippen molar-refractivity contribution in [1.29, 1.82) is 0 Å². The molecular weight excluding hydrogens is 264 g/mol. The van der Waals surface area contributed by atoms with Gasteiger partial charge in [0.1, 0.15) is 5.82 Å². The number of benzene rings is 1. The lowest BCUT2D eigenvalue weighted by atomic mass is 10.1. The van der Waals surface area contributed by atoms with E-state index in [-0.39, 0.29) is 17.5 Å². The molecule has 1 aliphatic heterocycles. The van der Waals surface area contributed by atoms with Gasteiger partial charge in [0, 0.05) is 12.2 Å². The summed E-state index contributed by atoms with van der Waals surface area (Å²) in [5, 5.41) is 5.36. The van der Waals surface area contributed by atoms with Crippen LogP contribution in [0.2, 0.25) is 0 Å². The third-order valence-corrected chi connectivity index (χ3v) is 2.97. The number of halogens is 4. The van der Waals surface area contributed by atoms with Gasteiger partial charge in [-0.25, -0.2) is 4.39 Å². The van der Waals surface area contributed by atoms with Crippen molar-refractivity contribution < 1.29 is 22.4 Å². The summed E-state index contributed by atoms with van der Waals surface area (Å²) in [7, 11) is 0. The molecule has 0 spiro atoms. The largest absolute Gasteiger partial charge is 0.419 e. The van der Waals surface area contributed by atoms with Crippen LogP contribution < -0.4 is 10.6 Å². The molecule has 104 valence electrons. The molecule has 3 nitrogen and oxygen atoms in total. The molecule has 2 N–H and O–H groups in total. The smallest absolute Gasteiger partial charge is 0.326 e. The first-order valence-electron chi connectivity index (χ1n) is 5.76. The molecule has 1 unspecified atom stereocenters. The Hall–Kier alpha value is -1.63. The van der Waals surface area contributed by atoms with Crippen LogP contribution in [0.3, 0.4) is 0 Å². The molecule has 0 bridgehead atoms. The SMILES string of the molecule is O=C(Nc1ccc(F)c(C(F)(F)F)c1)C1CCNC1. The molecule has 0 radical (unpaired) electrons. The molecule has 1 aromatic carbocycles. The summed E-state index contributed by atoms with van der Waals surface area (Å²) in [6, 6.07) is 2.42. The maximum atomic E-state index is 13.1.